The Morgan fingerprint density at radius 2 is 1.28 bits per heavy atom. The fourth-order valence-electron chi connectivity index (χ4n) is 1.62. The van der Waals surface area contributed by atoms with Gasteiger partial charge in [0.05, 0.1) is 11.1 Å². The molecule has 0 aliphatic heterocycles. The Morgan fingerprint density at radius 3 is 1.72 bits per heavy atom. The van der Waals surface area contributed by atoms with Gasteiger partial charge in [-0.1, -0.05) is 30.3 Å². The zero-order chi connectivity index (χ0) is 13.3. The van der Waals surface area contributed by atoms with E-state index in [1.54, 1.807) is 18.2 Å². The van der Waals surface area contributed by atoms with Gasteiger partial charge in [-0.05, 0) is 17.7 Å². The second-order valence-corrected chi connectivity index (χ2v) is 3.68. The largest absolute Gasteiger partial charge is 0.416 e. The van der Waals surface area contributed by atoms with Crippen molar-refractivity contribution in [3.05, 3.63) is 59.7 Å². The van der Waals surface area contributed by atoms with Crippen molar-refractivity contribution < 1.29 is 22.0 Å². The first-order chi connectivity index (χ1) is 8.39. The van der Waals surface area contributed by atoms with E-state index >= 15 is 0 Å². The number of hydrogen-bond acceptors (Lipinski definition) is 0. The maximum Gasteiger partial charge on any atom is 0.416 e. The molecule has 5 heteroatoms. The van der Waals surface area contributed by atoms with Crippen molar-refractivity contribution in [1.82, 2.24) is 0 Å². The third-order valence-corrected chi connectivity index (χ3v) is 2.43. The van der Waals surface area contributed by atoms with Crippen LogP contribution in [0.5, 0.6) is 0 Å². The minimum Gasteiger partial charge on any atom is -0.206 e. The van der Waals surface area contributed by atoms with Crippen molar-refractivity contribution in [2.75, 3.05) is 0 Å². The van der Waals surface area contributed by atoms with E-state index in [1.807, 2.05) is 0 Å². The van der Waals surface area contributed by atoms with E-state index < -0.39 is 28.9 Å². The predicted octanol–water partition coefficient (Wildman–Crippen LogP) is 4.65. The Hall–Kier alpha value is -1.91. The second kappa shape index (κ2) is 4.40. The molecule has 0 unspecified atom stereocenters. The molecule has 0 N–H and O–H groups in total. The van der Waals surface area contributed by atoms with Crippen LogP contribution < -0.4 is 0 Å². The third kappa shape index (κ3) is 2.34. The third-order valence-electron chi connectivity index (χ3n) is 2.43. The van der Waals surface area contributed by atoms with Gasteiger partial charge < -0.3 is 0 Å². The van der Waals surface area contributed by atoms with Gasteiger partial charge in [0, 0.05) is 0 Å². The van der Waals surface area contributed by atoms with E-state index in [2.05, 4.69) is 0 Å². The number of hydrogen-bond donors (Lipinski definition) is 0. The average molecular weight is 258 g/mol. The van der Waals surface area contributed by atoms with Crippen molar-refractivity contribution in [2.45, 2.75) is 6.18 Å². The van der Waals surface area contributed by atoms with E-state index in [1.165, 1.54) is 12.1 Å². The lowest BCUT2D eigenvalue weighted by molar-refractivity contribution is -0.137. The molecule has 0 nitrogen and oxygen atoms in total. The molecule has 0 spiro atoms. The maximum absolute atomic E-state index is 13.6. The van der Waals surface area contributed by atoms with Gasteiger partial charge in [-0.15, -0.1) is 0 Å². The lowest BCUT2D eigenvalue weighted by atomic mass is 10.0. The van der Waals surface area contributed by atoms with Crippen LogP contribution in [0.25, 0.3) is 11.1 Å². The SMILES string of the molecule is Fc1cc(C(F)(F)F)cc(F)c1-c1ccccc1. The molecule has 0 amide bonds. The lowest BCUT2D eigenvalue weighted by Crippen LogP contribution is -2.07. The summed E-state index contributed by atoms with van der Waals surface area (Å²) in [6, 6.07) is 8.18. The van der Waals surface area contributed by atoms with Gasteiger partial charge in [0.25, 0.3) is 0 Å². The van der Waals surface area contributed by atoms with Gasteiger partial charge in [0.2, 0.25) is 0 Å². The molecule has 18 heavy (non-hydrogen) atoms. The quantitative estimate of drug-likeness (QED) is 0.653. The maximum atomic E-state index is 13.6. The minimum atomic E-state index is -4.77. The van der Waals surface area contributed by atoms with Crippen LogP contribution in [0.1, 0.15) is 5.56 Å². The Labute approximate surface area is 99.7 Å². The molecule has 0 heterocycles. The van der Waals surface area contributed by atoms with Crippen LogP contribution in [-0.2, 0) is 6.18 Å². The number of benzene rings is 2. The summed E-state index contributed by atoms with van der Waals surface area (Å²) in [5.74, 6) is -2.46. The molecule has 0 radical (unpaired) electrons. The fraction of sp³-hybridized carbons (Fsp3) is 0.0769. The first-order valence-electron chi connectivity index (χ1n) is 5.01. The molecule has 0 fully saturated rings. The van der Waals surface area contributed by atoms with Crippen LogP contribution in [0, 0.1) is 11.6 Å². The van der Waals surface area contributed by atoms with Gasteiger partial charge in [0.1, 0.15) is 11.6 Å². The van der Waals surface area contributed by atoms with Crippen molar-refractivity contribution in [2.24, 2.45) is 0 Å². The summed E-state index contributed by atoms with van der Waals surface area (Å²) in [5.41, 5.74) is -1.60. The standard InChI is InChI=1S/C13H7F5/c14-10-6-9(13(16,17)18)7-11(15)12(10)8-4-2-1-3-5-8/h1-7H. The molecule has 0 saturated carbocycles. The topological polar surface area (TPSA) is 0 Å². The molecule has 0 saturated heterocycles. The van der Waals surface area contributed by atoms with E-state index in [0.29, 0.717) is 12.1 Å². The van der Waals surface area contributed by atoms with Crippen LogP contribution in [0.2, 0.25) is 0 Å². The monoisotopic (exact) mass is 258 g/mol. The Kier molecular flexibility index (Phi) is 3.07. The summed E-state index contributed by atoms with van der Waals surface area (Å²) >= 11 is 0. The first-order valence-corrected chi connectivity index (χ1v) is 5.01. The summed E-state index contributed by atoms with van der Waals surface area (Å²) in [4.78, 5) is 0. The average Bonchev–Trinajstić information content (AvgIpc) is 2.28. The first kappa shape index (κ1) is 12.5. The number of halogens is 5. The van der Waals surface area contributed by atoms with Crippen molar-refractivity contribution in [3.63, 3.8) is 0 Å². The van der Waals surface area contributed by atoms with Gasteiger partial charge >= 0.3 is 6.18 Å². The molecule has 2 rings (SSSR count). The predicted molar refractivity (Wildman–Crippen MR) is 56.8 cm³/mol. The molecular formula is C13H7F5. The number of rotatable bonds is 1. The molecule has 0 atom stereocenters. The highest BCUT2D eigenvalue weighted by molar-refractivity contribution is 5.65. The zero-order valence-corrected chi connectivity index (χ0v) is 8.93. The molecular weight excluding hydrogens is 251 g/mol. The van der Waals surface area contributed by atoms with E-state index in [9.17, 15) is 22.0 Å². The van der Waals surface area contributed by atoms with Crippen molar-refractivity contribution in [1.29, 1.82) is 0 Å². The van der Waals surface area contributed by atoms with Crippen LogP contribution in [-0.4, -0.2) is 0 Å². The fourth-order valence-corrected chi connectivity index (χ4v) is 1.62. The summed E-state index contributed by atoms with van der Waals surface area (Å²) in [6.07, 6.45) is -4.77. The van der Waals surface area contributed by atoms with Crippen LogP contribution >= 0.6 is 0 Å². The molecule has 0 bridgehead atoms. The van der Waals surface area contributed by atoms with Crippen LogP contribution in [0.15, 0.2) is 42.5 Å². The highest BCUT2D eigenvalue weighted by atomic mass is 19.4. The molecule has 0 aliphatic carbocycles. The van der Waals surface area contributed by atoms with E-state index in [4.69, 9.17) is 0 Å². The molecule has 2 aromatic rings. The summed E-state index contributed by atoms with van der Waals surface area (Å²) in [7, 11) is 0. The van der Waals surface area contributed by atoms with Crippen molar-refractivity contribution in [3.8, 4) is 11.1 Å². The smallest absolute Gasteiger partial charge is 0.206 e. The molecule has 0 aliphatic rings. The van der Waals surface area contributed by atoms with Crippen LogP contribution in [0.4, 0.5) is 22.0 Å². The Morgan fingerprint density at radius 1 is 0.778 bits per heavy atom. The van der Waals surface area contributed by atoms with Gasteiger partial charge in [-0.25, -0.2) is 8.78 Å². The summed E-state index contributed by atoms with van der Waals surface area (Å²) < 4.78 is 64.2. The molecule has 94 valence electrons. The zero-order valence-electron chi connectivity index (χ0n) is 8.93. The highest BCUT2D eigenvalue weighted by Gasteiger charge is 2.32. The van der Waals surface area contributed by atoms with Crippen molar-refractivity contribution >= 4 is 0 Å². The highest BCUT2D eigenvalue weighted by Crippen LogP contribution is 2.34. The minimum absolute atomic E-state index is 0.196. The van der Waals surface area contributed by atoms with E-state index in [-0.39, 0.29) is 5.56 Å². The molecule has 0 aromatic heterocycles. The Bertz CT molecular complexity index is 534. The number of alkyl halides is 3. The lowest BCUT2D eigenvalue weighted by Gasteiger charge is -2.10. The van der Waals surface area contributed by atoms with Gasteiger partial charge in [-0.2, -0.15) is 13.2 Å². The summed E-state index contributed by atoms with van der Waals surface area (Å²) in [6.45, 7) is 0. The van der Waals surface area contributed by atoms with Crippen LogP contribution in [0.3, 0.4) is 0 Å². The van der Waals surface area contributed by atoms with Gasteiger partial charge in [-0.3, -0.25) is 0 Å². The second-order valence-electron chi connectivity index (χ2n) is 3.68. The van der Waals surface area contributed by atoms with E-state index in [0.717, 1.165) is 0 Å². The normalized spacial score (nSPS) is 11.6. The summed E-state index contributed by atoms with van der Waals surface area (Å²) in [5, 5.41) is 0. The molecule has 2 aromatic carbocycles. The Balaban J connectivity index is 2.59. The van der Waals surface area contributed by atoms with Gasteiger partial charge in [0.15, 0.2) is 0 Å².